The summed E-state index contributed by atoms with van der Waals surface area (Å²) in [7, 11) is 3.71. The molecule has 0 saturated carbocycles. The summed E-state index contributed by atoms with van der Waals surface area (Å²) in [6.45, 7) is 5.02. The standard InChI is InChI=1S/C22H30BrN7O2/c1-14(2)18(13-31)27-19-9-20(30-22(28-19)17(23)11-25-30)24-10-15-5-7-16(8-6-15)26-21(32)12-29(3)4/h5-9,11,14,18,24,31H,10,12-13H2,1-4H3,(H,26,32)(H,27,28)/t18-/m0/s1. The third-order valence-electron chi connectivity index (χ3n) is 4.93. The van der Waals surface area contributed by atoms with E-state index in [-0.39, 0.29) is 24.5 Å². The van der Waals surface area contributed by atoms with Crippen LogP contribution in [0.15, 0.2) is 41.0 Å². The lowest BCUT2D eigenvalue weighted by Crippen LogP contribution is -2.30. The zero-order chi connectivity index (χ0) is 23.3. The minimum Gasteiger partial charge on any atom is -0.394 e. The minimum absolute atomic E-state index is 0.0190. The smallest absolute Gasteiger partial charge is 0.238 e. The summed E-state index contributed by atoms with van der Waals surface area (Å²) < 4.78 is 2.51. The zero-order valence-corrected chi connectivity index (χ0v) is 20.3. The van der Waals surface area contributed by atoms with Crippen molar-refractivity contribution in [1.29, 1.82) is 0 Å². The van der Waals surface area contributed by atoms with Gasteiger partial charge >= 0.3 is 0 Å². The van der Waals surface area contributed by atoms with Crippen molar-refractivity contribution >= 4 is 44.8 Å². The van der Waals surface area contributed by atoms with E-state index in [9.17, 15) is 9.90 Å². The molecule has 32 heavy (non-hydrogen) atoms. The summed E-state index contributed by atoms with van der Waals surface area (Å²) in [5.41, 5.74) is 2.49. The van der Waals surface area contributed by atoms with E-state index in [0.29, 0.717) is 24.6 Å². The number of fused-ring (bicyclic) bond motifs is 1. The van der Waals surface area contributed by atoms with Crippen LogP contribution in [0.25, 0.3) is 5.65 Å². The highest BCUT2D eigenvalue weighted by Gasteiger charge is 2.16. The molecule has 0 radical (unpaired) electrons. The first-order valence-corrected chi connectivity index (χ1v) is 11.2. The molecule has 0 aliphatic heterocycles. The van der Waals surface area contributed by atoms with E-state index in [1.54, 1.807) is 10.7 Å². The number of amides is 1. The van der Waals surface area contributed by atoms with E-state index < -0.39 is 0 Å². The Kier molecular flexibility index (Phi) is 8.05. The van der Waals surface area contributed by atoms with Crippen molar-refractivity contribution in [3.8, 4) is 0 Å². The van der Waals surface area contributed by atoms with Gasteiger partial charge in [-0.3, -0.25) is 4.79 Å². The van der Waals surface area contributed by atoms with E-state index in [4.69, 9.17) is 0 Å². The van der Waals surface area contributed by atoms with Crippen LogP contribution in [0.3, 0.4) is 0 Å². The fourth-order valence-electron chi connectivity index (χ4n) is 3.14. The molecule has 0 aliphatic carbocycles. The summed E-state index contributed by atoms with van der Waals surface area (Å²) >= 11 is 3.50. The van der Waals surface area contributed by atoms with Gasteiger partial charge in [0.15, 0.2) is 5.65 Å². The van der Waals surface area contributed by atoms with E-state index in [0.717, 1.165) is 21.5 Å². The molecule has 0 bridgehead atoms. The van der Waals surface area contributed by atoms with Gasteiger partial charge in [-0.2, -0.15) is 9.61 Å². The summed E-state index contributed by atoms with van der Waals surface area (Å²) in [6, 6.07) is 9.49. The van der Waals surface area contributed by atoms with E-state index in [1.165, 1.54) is 0 Å². The van der Waals surface area contributed by atoms with Crippen LogP contribution in [0, 0.1) is 5.92 Å². The Hall–Kier alpha value is -2.69. The largest absolute Gasteiger partial charge is 0.394 e. The number of aliphatic hydroxyl groups excluding tert-OH is 1. The fourth-order valence-corrected chi connectivity index (χ4v) is 3.48. The number of nitrogens with zero attached hydrogens (tertiary/aromatic N) is 4. The minimum atomic E-state index is -0.102. The van der Waals surface area contributed by atoms with Crippen molar-refractivity contribution in [2.45, 2.75) is 26.4 Å². The Balaban J connectivity index is 1.73. The van der Waals surface area contributed by atoms with Gasteiger partial charge in [-0.05, 0) is 53.6 Å². The molecule has 3 aromatic rings. The molecule has 1 aromatic carbocycles. The Morgan fingerprint density at radius 3 is 2.59 bits per heavy atom. The lowest BCUT2D eigenvalue weighted by molar-refractivity contribution is -0.116. The first kappa shape index (κ1) is 24.0. The highest BCUT2D eigenvalue weighted by molar-refractivity contribution is 9.10. The van der Waals surface area contributed by atoms with Gasteiger partial charge in [-0.15, -0.1) is 0 Å². The molecule has 4 N–H and O–H groups in total. The van der Waals surface area contributed by atoms with Crippen LogP contribution in [0.2, 0.25) is 0 Å². The molecule has 1 amide bonds. The molecule has 1 atom stereocenters. The number of carbonyl (C=O) groups excluding carboxylic acids is 1. The van der Waals surface area contributed by atoms with E-state index in [2.05, 4.69) is 42.0 Å². The average molecular weight is 504 g/mol. The normalized spacial score (nSPS) is 12.4. The monoisotopic (exact) mass is 503 g/mol. The summed E-state index contributed by atoms with van der Waals surface area (Å²) in [5, 5.41) is 23.7. The summed E-state index contributed by atoms with van der Waals surface area (Å²) in [5.74, 6) is 1.63. The number of rotatable bonds is 10. The molecule has 0 unspecified atom stereocenters. The van der Waals surface area contributed by atoms with Crippen molar-refractivity contribution in [2.75, 3.05) is 43.2 Å². The number of halogens is 1. The number of carbonyl (C=O) groups is 1. The maximum absolute atomic E-state index is 11.9. The Labute approximate surface area is 196 Å². The van der Waals surface area contributed by atoms with Crippen LogP contribution >= 0.6 is 15.9 Å². The number of aliphatic hydroxyl groups is 1. The van der Waals surface area contributed by atoms with Crippen LogP contribution in [-0.2, 0) is 11.3 Å². The highest BCUT2D eigenvalue weighted by Crippen LogP contribution is 2.24. The number of aromatic nitrogens is 3. The predicted octanol–water partition coefficient (Wildman–Crippen LogP) is 3.03. The van der Waals surface area contributed by atoms with Crippen LogP contribution in [-0.4, -0.2) is 63.8 Å². The number of hydrogen-bond acceptors (Lipinski definition) is 7. The first-order valence-electron chi connectivity index (χ1n) is 10.5. The summed E-state index contributed by atoms with van der Waals surface area (Å²) in [4.78, 5) is 18.4. The maximum atomic E-state index is 11.9. The number of nitrogens with one attached hydrogen (secondary N) is 3. The SMILES string of the molecule is CC(C)[C@H](CO)Nc1cc(NCc2ccc(NC(=O)CN(C)C)cc2)n2ncc(Br)c2n1. The molecule has 2 heterocycles. The molecule has 3 rings (SSSR count). The van der Waals surface area contributed by atoms with Crippen LogP contribution < -0.4 is 16.0 Å². The van der Waals surface area contributed by atoms with Crippen molar-refractivity contribution in [1.82, 2.24) is 19.5 Å². The number of benzene rings is 1. The topological polar surface area (TPSA) is 107 Å². The van der Waals surface area contributed by atoms with Crippen molar-refractivity contribution in [2.24, 2.45) is 5.92 Å². The molecule has 0 saturated heterocycles. The van der Waals surface area contributed by atoms with E-state index >= 15 is 0 Å². The summed E-state index contributed by atoms with van der Waals surface area (Å²) in [6.07, 6.45) is 1.70. The molecular formula is C22H30BrN7O2. The molecule has 2 aromatic heterocycles. The molecule has 10 heteroatoms. The maximum Gasteiger partial charge on any atom is 0.238 e. The van der Waals surface area contributed by atoms with Gasteiger partial charge in [-0.25, -0.2) is 4.98 Å². The van der Waals surface area contributed by atoms with Gasteiger partial charge in [0.1, 0.15) is 11.6 Å². The van der Waals surface area contributed by atoms with Crippen LogP contribution in [0.1, 0.15) is 19.4 Å². The Morgan fingerprint density at radius 2 is 1.97 bits per heavy atom. The Bertz CT molecular complexity index is 1050. The second kappa shape index (κ2) is 10.8. The molecule has 172 valence electrons. The van der Waals surface area contributed by atoms with Gasteiger partial charge in [0.2, 0.25) is 5.91 Å². The quantitative estimate of drug-likeness (QED) is 0.336. The van der Waals surface area contributed by atoms with Gasteiger partial charge in [0.25, 0.3) is 0 Å². The third-order valence-corrected chi connectivity index (χ3v) is 5.49. The van der Waals surface area contributed by atoms with Crippen LogP contribution in [0.4, 0.5) is 17.3 Å². The zero-order valence-electron chi connectivity index (χ0n) is 18.8. The van der Waals surface area contributed by atoms with Gasteiger partial charge in [0.05, 0.1) is 29.9 Å². The van der Waals surface area contributed by atoms with E-state index in [1.807, 2.05) is 63.2 Å². The number of likely N-dealkylation sites (N-methyl/N-ethyl adjacent to an activating group) is 1. The predicted molar refractivity (Wildman–Crippen MR) is 131 cm³/mol. The Morgan fingerprint density at radius 1 is 1.25 bits per heavy atom. The second-order valence-corrected chi connectivity index (χ2v) is 9.12. The number of hydrogen-bond donors (Lipinski definition) is 4. The highest BCUT2D eigenvalue weighted by atomic mass is 79.9. The van der Waals surface area contributed by atoms with Gasteiger partial charge in [0, 0.05) is 18.3 Å². The first-order chi connectivity index (χ1) is 15.3. The molecule has 0 spiro atoms. The van der Waals surface area contributed by atoms with Gasteiger partial charge < -0.3 is 26.0 Å². The second-order valence-electron chi connectivity index (χ2n) is 8.27. The van der Waals surface area contributed by atoms with Crippen molar-refractivity contribution in [3.63, 3.8) is 0 Å². The van der Waals surface area contributed by atoms with Crippen molar-refractivity contribution in [3.05, 3.63) is 46.6 Å². The lowest BCUT2D eigenvalue weighted by Gasteiger charge is -2.21. The van der Waals surface area contributed by atoms with Gasteiger partial charge in [-0.1, -0.05) is 26.0 Å². The lowest BCUT2D eigenvalue weighted by atomic mass is 10.1. The number of anilines is 3. The van der Waals surface area contributed by atoms with Crippen LogP contribution in [0.5, 0.6) is 0 Å². The fraction of sp³-hybridized carbons (Fsp3) is 0.409. The third kappa shape index (κ3) is 6.18. The molecular weight excluding hydrogens is 474 g/mol. The van der Waals surface area contributed by atoms with Crippen molar-refractivity contribution < 1.29 is 9.90 Å². The molecule has 9 nitrogen and oxygen atoms in total. The average Bonchev–Trinajstić information content (AvgIpc) is 3.11. The molecule has 0 aliphatic rings. The molecule has 0 fully saturated rings.